The Morgan fingerprint density at radius 1 is 1.22 bits per heavy atom. The van der Waals surface area contributed by atoms with Crippen LogP contribution in [0.4, 0.5) is 0 Å². The van der Waals surface area contributed by atoms with Crippen molar-refractivity contribution in [1.82, 2.24) is 10.2 Å². The number of hydrogen-bond donors (Lipinski definition) is 1. The Morgan fingerprint density at radius 3 is 2.72 bits per heavy atom. The van der Waals surface area contributed by atoms with Gasteiger partial charge in [-0.1, -0.05) is 29.6 Å². The fourth-order valence-corrected chi connectivity index (χ4v) is 6.96. The molecule has 0 unspecified atom stereocenters. The van der Waals surface area contributed by atoms with E-state index in [9.17, 15) is 19.6 Å². The van der Waals surface area contributed by atoms with Gasteiger partial charge in [-0.05, 0) is 80.4 Å². The predicted octanol–water partition coefficient (Wildman–Crippen LogP) is 4.55. The van der Waals surface area contributed by atoms with E-state index < -0.39 is 12.1 Å². The molecule has 0 radical (unpaired) electrons. The van der Waals surface area contributed by atoms with Crippen molar-refractivity contribution in [3.63, 3.8) is 0 Å². The molecule has 3 aliphatic carbocycles. The molecule has 1 heterocycles. The van der Waals surface area contributed by atoms with Crippen LogP contribution in [0.15, 0.2) is 18.2 Å². The molecule has 5 atom stereocenters. The van der Waals surface area contributed by atoms with Crippen molar-refractivity contribution in [2.24, 2.45) is 23.2 Å². The van der Waals surface area contributed by atoms with Gasteiger partial charge in [0.2, 0.25) is 5.91 Å². The van der Waals surface area contributed by atoms with Gasteiger partial charge in [0.05, 0.1) is 11.1 Å². The number of benzene rings is 1. The molecule has 0 bridgehead atoms. The number of hydrogen-bond acceptors (Lipinski definition) is 5. The van der Waals surface area contributed by atoms with E-state index in [2.05, 4.69) is 11.4 Å². The van der Waals surface area contributed by atoms with Crippen molar-refractivity contribution in [1.29, 1.82) is 5.26 Å². The summed E-state index contributed by atoms with van der Waals surface area (Å²) in [7, 11) is 0. The third kappa shape index (κ3) is 5.21. The second-order valence-corrected chi connectivity index (χ2v) is 11.9. The summed E-state index contributed by atoms with van der Waals surface area (Å²) >= 11 is 12.1. The summed E-state index contributed by atoms with van der Waals surface area (Å²) < 4.78 is 5.65. The van der Waals surface area contributed by atoms with Crippen LogP contribution in [0, 0.1) is 34.5 Å². The van der Waals surface area contributed by atoms with E-state index in [0.29, 0.717) is 35.2 Å². The highest BCUT2D eigenvalue weighted by atomic mass is 35.5. The van der Waals surface area contributed by atoms with Crippen molar-refractivity contribution in [2.45, 2.75) is 69.9 Å². The van der Waals surface area contributed by atoms with Gasteiger partial charge < -0.3 is 15.0 Å². The summed E-state index contributed by atoms with van der Waals surface area (Å²) in [6, 6.07) is 5.58. The SMILES string of the molecule is N#C[C@H](C[C@@H]1CCC2(CC2)CC1=O)NC(=O)[C@@H]1[C@H]2CCC[C@H]2CN1C(=O)COc1ccc(Cl)cc1Cl. The highest BCUT2D eigenvalue weighted by Crippen LogP contribution is 2.56. The van der Waals surface area contributed by atoms with Gasteiger partial charge in [-0.2, -0.15) is 5.26 Å². The van der Waals surface area contributed by atoms with Gasteiger partial charge in [-0.3, -0.25) is 14.4 Å². The second kappa shape index (κ2) is 10.2. The Morgan fingerprint density at radius 2 is 2.03 bits per heavy atom. The van der Waals surface area contributed by atoms with Gasteiger partial charge in [0.1, 0.15) is 23.6 Å². The van der Waals surface area contributed by atoms with Gasteiger partial charge in [-0.25, -0.2) is 0 Å². The quantitative estimate of drug-likeness (QED) is 0.556. The predicted molar refractivity (Wildman–Crippen MR) is 134 cm³/mol. The van der Waals surface area contributed by atoms with Crippen molar-refractivity contribution < 1.29 is 19.1 Å². The van der Waals surface area contributed by atoms with Crippen molar-refractivity contribution in [3.8, 4) is 11.8 Å². The van der Waals surface area contributed by atoms with Crippen LogP contribution in [-0.4, -0.2) is 47.7 Å². The molecule has 7 nitrogen and oxygen atoms in total. The number of carbonyl (C=O) groups excluding carboxylic acids is 3. The highest BCUT2D eigenvalue weighted by Gasteiger charge is 2.51. The number of carbonyl (C=O) groups is 3. The fourth-order valence-electron chi connectivity index (χ4n) is 6.49. The lowest BCUT2D eigenvalue weighted by atomic mass is 9.76. The minimum absolute atomic E-state index is 0.0680. The number of halogens is 2. The first-order valence-corrected chi connectivity index (χ1v) is 13.6. The summed E-state index contributed by atoms with van der Waals surface area (Å²) in [6.07, 6.45) is 7.90. The number of rotatable bonds is 7. The number of nitriles is 1. The molecule has 1 aromatic carbocycles. The van der Waals surface area contributed by atoms with E-state index in [0.717, 1.165) is 44.9 Å². The van der Waals surface area contributed by atoms with Crippen LogP contribution < -0.4 is 10.1 Å². The molecule has 5 rings (SSSR count). The Labute approximate surface area is 221 Å². The van der Waals surface area contributed by atoms with E-state index in [-0.39, 0.29) is 47.4 Å². The van der Waals surface area contributed by atoms with Crippen molar-refractivity contribution >= 4 is 40.8 Å². The van der Waals surface area contributed by atoms with Crippen LogP contribution in [0.3, 0.4) is 0 Å². The van der Waals surface area contributed by atoms with E-state index in [4.69, 9.17) is 27.9 Å². The van der Waals surface area contributed by atoms with Crippen LogP contribution in [0.25, 0.3) is 0 Å². The Hall–Kier alpha value is -2.30. The van der Waals surface area contributed by atoms with Gasteiger partial charge in [-0.15, -0.1) is 0 Å². The molecule has 192 valence electrons. The Bertz CT molecular complexity index is 1100. The molecule has 0 aromatic heterocycles. The maximum atomic E-state index is 13.5. The molecule has 3 saturated carbocycles. The maximum absolute atomic E-state index is 13.5. The number of ketones is 1. The Balaban J connectivity index is 1.22. The smallest absolute Gasteiger partial charge is 0.261 e. The molecule has 9 heteroatoms. The topological polar surface area (TPSA) is 99.5 Å². The number of amides is 2. The van der Waals surface area contributed by atoms with Crippen molar-refractivity contribution in [3.05, 3.63) is 28.2 Å². The summed E-state index contributed by atoms with van der Waals surface area (Å²) in [5, 5.41) is 13.4. The average Bonchev–Trinajstić information content (AvgIpc) is 3.25. The zero-order valence-corrected chi connectivity index (χ0v) is 21.7. The van der Waals surface area contributed by atoms with Gasteiger partial charge in [0.15, 0.2) is 6.61 Å². The second-order valence-electron chi connectivity index (χ2n) is 11.0. The van der Waals surface area contributed by atoms with E-state index in [1.54, 1.807) is 23.1 Å². The number of Topliss-reactive ketones (excluding diaryl/α,β-unsaturated/α-hetero) is 1. The minimum atomic E-state index is -0.749. The fraction of sp³-hybridized carbons (Fsp3) is 0.630. The van der Waals surface area contributed by atoms with Gasteiger partial charge in [0, 0.05) is 23.9 Å². The van der Waals surface area contributed by atoms with E-state index in [1.807, 2.05) is 0 Å². The van der Waals surface area contributed by atoms with Crippen LogP contribution in [0.5, 0.6) is 5.75 Å². The first-order chi connectivity index (χ1) is 17.3. The largest absolute Gasteiger partial charge is 0.482 e. The summed E-state index contributed by atoms with van der Waals surface area (Å²) in [4.78, 5) is 40.9. The summed E-state index contributed by atoms with van der Waals surface area (Å²) in [5.74, 6) is 0.123. The van der Waals surface area contributed by atoms with Crippen LogP contribution in [-0.2, 0) is 14.4 Å². The lowest BCUT2D eigenvalue weighted by molar-refractivity contribution is -0.141. The third-order valence-electron chi connectivity index (χ3n) is 8.70. The molecule has 1 aromatic rings. The molecular formula is C27H31Cl2N3O4. The normalized spacial score (nSPS) is 28.9. The monoisotopic (exact) mass is 531 g/mol. The number of likely N-dealkylation sites (tertiary alicyclic amines) is 1. The highest BCUT2D eigenvalue weighted by molar-refractivity contribution is 6.35. The van der Waals surface area contributed by atoms with Crippen LogP contribution in [0.2, 0.25) is 10.0 Å². The molecule has 4 fully saturated rings. The standard InChI is InChI=1S/C27H31Cl2N3O4/c28-18-4-5-23(21(29)11-18)36-15-24(34)32-14-17-2-1-3-20(17)25(32)26(35)31-19(13-30)10-16-6-7-27(8-9-27)12-22(16)33/h4-5,11,16-17,19-20,25H,1-3,6-10,12,14-15H2,(H,31,35)/t16-,17-,19-,20-,25-/m0/s1. The van der Waals surface area contributed by atoms with Crippen LogP contribution in [0.1, 0.15) is 57.8 Å². The molecule has 36 heavy (non-hydrogen) atoms. The molecule has 1 saturated heterocycles. The zero-order valence-electron chi connectivity index (χ0n) is 20.2. The molecule has 1 N–H and O–H groups in total. The van der Waals surface area contributed by atoms with E-state index in [1.165, 1.54) is 0 Å². The Kier molecular flexibility index (Phi) is 7.20. The first kappa shape index (κ1) is 25.4. The lowest BCUT2D eigenvalue weighted by Gasteiger charge is -2.30. The summed E-state index contributed by atoms with van der Waals surface area (Å²) in [5.41, 5.74) is 0.236. The average molecular weight is 532 g/mol. The van der Waals surface area contributed by atoms with Crippen molar-refractivity contribution in [2.75, 3.05) is 13.2 Å². The number of fused-ring (bicyclic) bond motifs is 1. The lowest BCUT2D eigenvalue weighted by Crippen LogP contribution is -2.52. The number of ether oxygens (including phenoxy) is 1. The minimum Gasteiger partial charge on any atom is -0.482 e. The maximum Gasteiger partial charge on any atom is 0.261 e. The van der Waals surface area contributed by atoms with E-state index >= 15 is 0 Å². The van der Waals surface area contributed by atoms with Crippen LogP contribution >= 0.6 is 23.2 Å². The number of nitrogens with one attached hydrogen (secondary N) is 1. The zero-order chi connectivity index (χ0) is 25.4. The first-order valence-electron chi connectivity index (χ1n) is 12.9. The third-order valence-corrected chi connectivity index (χ3v) is 9.23. The van der Waals surface area contributed by atoms with Gasteiger partial charge >= 0.3 is 0 Å². The number of nitrogens with zero attached hydrogens (tertiary/aromatic N) is 2. The molecular weight excluding hydrogens is 501 g/mol. The molecule has 2 amide bonds. The van der Waals surface area contributed by atoms with Gasteiger partial charge in [0.25, 0.3) is 5.91 Å². The summed E-state index contributed by atoms with van der Waals surface area (Å²) in [6.45, 7) is 0.254. The molecule has 1 spiro atoms. The molecule has 1 aliphatic heterocycles. The molecule has 4 aliphatic rings.